The summed E-state index contributed by atoms with van der Waals surface area (Å²) in [7, 11) is -3.55. The number of aromatic amines is 1. The Morgan fingerprint density at radius 1 is 0.927 bits per heavy atom. The van der Waals surface area contributed by atoms with Gasteiger partial charge in [-0.2, -0.15) is 0 Å². The molecule has 0 unspecified atom stereocenters. The van der Waals surface area contributed by atoms with E-state index in [0.717, 1.165) is 39.4 Å². The third kappa shape index (κ3) is 5.04. The minimum Gasteiger partial charge on any atom is -0.325 e. The largest absolute Gasteiger partial charge is 0.330 e. The van der Waals surface area contributed by atoms with Gasteiger partial charge in [0.15, 0.2) is 21.0 Å². The molecular weight excluding hydrogens is 540 g/mol. The molecule has 3 aromatic carbocycles. The van der Waals surface area contributed by atoms with Crippen molar-refractivity contribution in [1.82, 2.24) is 19.1 Å². The Balaban J connectivity index is 1.30. The molecule has 210 valence electrons. The minimum atomic E-state index is -3.55. The number of imidazole rings is 1. The van der Waals surface area contributed by atoms with E-state index in [1.165, 1.54) is 4.57 Å². The number of H-pyrrole nitrogens is 1. The topological polar surface area (TPSA) is 124 Å². The molecule has 2 aromatic heterocycles. The molecule has 0 saturated heterocycles. The minimum absolute atomic E-state index is 0.0531. The van der Waals surface area contributed by atoms with Crippen molar-refractivity contribution in [2.24, 2.45) is 0 Å². The molecule has 0 atom stereocenters. The predicted octanol–water partition coefficient (Wildman–Crippen LogP) is 3.57. The molecule has 6 rings (SSSR count). The van der Waals surface area contributed by atoms with E-state index < -0.39 is 21.1 Å². The van der Waals surface area contributed by atoms with Gasteiger partial charge < -0.3 is 4.57 Å². The van der Waals surface area contributed by atoms with Gasteiger partial charge in [-0.15, -0.1) is 0 Å². The van der Waals surface area contributed by atoms with Gasteiger partial charge in [-0.1, -0.05) is 42.5 Å². The number of hydrogen-bond acceptors (Lipinski definition) is 6. The van der Waals surface area contributed by atoms with Gasteiger partial charge in [0.05, 0.1) is 23.5 Å². The number of carbonyl (C=O) groups excluding carboxylic acids is 1. The molecule has 0 aliphatic heterocycles. The predicted molar refractivity (Wildman–Crippen MR) is 157 cm³/mol. The van der Waals surface area contributed by atoms with E-state index in [1.807, 2.05) is 43.3 Å². The summed E-state index contributed by atoms with van der Waals surface area (Å²) in [5.41, 5.74) is 3.29. The van der Waals surface area contributed by atoms with E-state index >= 15 is 0 Å². The smallest absolute Gasteiger partial charge is 0.325 e. The molecule has 41 heavy (non-hydrogen) atoms. The van der Waals surface area contributed by atoms with Crippen molar-refractivity contribution in [3.8, 4) is 0 Å². The number of hydrogen-bond donors (Lipinski definition) is 1. The second-order valence-corrected chi connectivity index (χ2v) is 12.7. The van der Waals surface area contributed by atoms with Crippen molar-refractivity contribution in [1.29, 1.82) is 0 Å². The molecule has 0 bridgehead atoms. The first-order chi connectivity index (χ1) is 19.7. The van der Waals surface area contributed by atoms with Crippen LogP contribution < -0.4 is 11.2 Å². The summed E-state index contributed by atoms with van der Waals surface area (Å²) >= 11 is 0. The number of ketones is 1. The number of sulfone groups is 1. The first-order valence-electron chi connectivity index (χ1n) is 13.8. The van der Waals surface area contributed by atoms with Crippen LogP contribution in [0.4, 0.5) is 0 Å². The van der Waals surface area contributed by atoms with Gasteiger partial charge in [0.2, 0.25) is 0 Å². The Hall–Kier alpha value is -4.31. The maximum Gasteiger partial charge on any atom is 0.330 e. The van der Waals surface area contributed by atoms with Crippen LogP contribution in [0.15, 0.2) is 75.4 Å². The SMILES string of the molecule is CCn1cnc2c1c(=O)[nH]c(=O)n2Cc1ccc(CCS(=O)(=O)c2ccc3c(c2)CCCC(=O)C3)c2ccccc12. The highest BCUT2D eigenvalue weighted by Crippen LogP contribution is 2.27. The Labute approximate surface area is 236 Å². The molecule has 0 fully saturated rings. The summed E-state index contributed by atoms with van der Waals surface area (Å²) in [6.07, 6.45) is 4.23. The van der Waals surface area contributed by atoms with Crippen LogP contribution in [0.5, 0.6) is 0 Å². The Morgan fingerprint density at radius 3 is 2.46 bits per heavy atom. The highest BCUT2D eigenvalue weighted by molar-refractivity contribution is 7.91. The number of rotatable bonds is 7. The normalized spacial score (nSPS) is 13.9. The number of nitrogens with one attached hydrogen (secondary N) is 1. The molecule has 0 amide bonds. The number of benzene rings is 3. The van der Waals surface area contributed by atoms with Crippen molar-refractivity contribution in [3.63, 3.8) is 0 Å². The number of Topliss-reactive ketones (excluding diaryl/α,β-unsaturated/α-hetero) is 1. The van der Waals surface area contributed by atoms with Crippen LogP contribution in [0.3, 0.4) is 0 Å². The van der Waals surface area contributed by atoms with Crippen LogP contribution in [0, 0.1) is 0 Å². The second kappa shape index (κ2) is 10.6. The highest BCUT2D eigenvalue weighted by atomic mass is 32.2. The van der Waals surface area contributed by atoms with E-state index in [4.69, 9.17) is 0 Å². The van der Waals surface area contributed by atoms with Crippen LogP contribution in [0.1, 0.15) is 42.0 Å². The molecule has 0 radical (unpaired) electrons. The lowest BCUT2D eigenvalue weighted by Gasteiger charge is -2.14. The lowest BCUT2D eigenvalue weighted by molar-refractivity contribution is -0.118. The summed E-state index contributed by atoms with van der Waals surface area (Å²) in [6.45, 7) is 2.64. The molecule has 9 nitrogen and oxygen atoms in total. The van der Waals surface area contributed by atoms with Gasteiger partial charge >= 0.3 is 5.69 Å². The van der Waals surface area contributed by atoms with Gasteiger partial charge in [0.25, 0.3) is 5.56 Å². The lowest BCUT2D eigenvalue weighted by atomic mass is 9.98. The molecule has 1 N–H and O–H groups in total. The molecular formula is C31H30N4O5S. The van der Waals surface area contributed by atoms with Crippen molar-refractivity contribution in [2.75, 3.05) is 5.75 Å². The van der Waals surface area contributed by atoms with Gasteiger partial charge in [-0.25, -0.2) is 18.2 Å². The third-order valence-corrected chi connectivity index (χ3v) is 9.71. The second-order valence-electron chi connectivity index (χ2n) is 10.5. The lowest BCUT2D eigenvalue weighted by Crippen LogP contribution is -2.31. The van der Waals surface area contributed by atoms with Gasteiger partial charge in [-0.05, 0) is 71.3 Å². The Bertz CT molecular complexity index is 2050. The zero-order valence-electron chi connectivity index (χ0n) is 22.7. The number of fused-ring (bicyclic) bond motifs is 3. The summed E-state index contributed by atoms with van der Waals surface area (Å²) in [6, 6.07) is 16.7. The molecule has 2 heterocycles. The van der Waals surface area contributed by atoms with Crippen molar-refractivity contribution >= 4 is 37.6 Å². The number of aryl methyl sites for hydroxylation is 3. The van der Waals surface area contributed by atoms with Gasteiger partial charge in [0.1, 0.15) is 5.78 Å². The molecule has 10 heteroatoms. The standard InChI is InChI=1S/C31H30N4O5S/c1-2-34-19-32-29-28(34)30(37)33-31(38)35(29)18-23-11-10-20(26-8-3-4-9-27(23)26)14-15-41(39,40)25-13-12-22-16-24(36)7-5-6-21(22)17-25/h3-4,8-13,17,19H,2,5-7,14-16,18H2,1H3,(H,33,37,38). The quantitative estimate of drug-likeness (QED) is 0.299. The van der Waals surface area contributed by atoms with Crippen LogP contribution in [0.25, 0.3) is 21.9 Å². The van der Waals surface area contributed by atoms with E-state index in [0.29, 0.717) is 48.3 Å². The molecule has 5 aromatic rings. The van der Waals surface area contributed by atoms with Crippen LogP contribution in [-0.4, -0.2) is 39.1 Å². The van der Waals surface area contributed by atoms with Crippen LogP contribution in [0.2, 0.25) is 0 Å². The van der Waals surface area contributed by atoms with E-state index in [1.54, 1.807) is 29.1 Å². The number of nitrogens with zero attached hydrogens (tertiary/aromatic N) is 3. The fourth-order valence-electron chi connectivity index (χ4n) is 5.80. The van der Waals surface area contributed by atoms with E-state index in [-0.39, 0.29) is 18.1 Å². The highest BCUT2D eigenvalue weighted by Gasteiger charge is 2.21. The zero-order chi connectivity index (χ0) is 28.7. The third-order valence-electron chi connectivity index (χ3n) is 7.99. The summed E-state index contributed by atoms with van der Waals surface area (Å²) in [5.74, 6) is 0.142. The fourth-order valence-corrected chi connectivity index (χ4v) is 7.12. The summed E-state index contributed by atoms with van der Waals surface area (Å²) in [4.78, 5) is 44.3. The Kier molecular flexibility index (Phi) is 6.94. The molecule has 1 aliphatic carbocycles. The fraction of sp³-hybridized carbons (Fsp3) is 0.290. The van der Waals surface area contributed by atoms with Crippen LogP contribution in [-0.2, 0) is 47.0 Å². The Morgan fingerprint density at radius 2 is 1.68 bits per heavy atom. The number of carbonyl (C=O) groups is 1. The van der Waals surface area contributed by atoms with Crippen molar-refractivity contribution < 1.29 is 13.2 Å². The average Bonchev–Trinajstić information content (AvgIpc) is 3.30. The summed E-state index contributed by atoms with van der Waals surface area (Å²) < 4.78 is 29.9. The van der Waals surface area contributed by atoms with Crippen molar-refractivity contribution in [3.05, 3.63) is 104 Å². The number of aromatic nitrogens is 4. The zero-order valence-corrected chi connectivity index (χ0v) is 23.5. The average molecular weight is 571 g/mol. The maximum atomic E-state index is 13.4. The first kappa shape index (κ1) is 26.9. The molecule has 0 spiro atoms. The van der Waals surface area contributed by atoms with Gasteiger partial charge in [-0.3, -0.25) is 19.1 Å². The maximum absolute atomic E-state index is 13.4. The monoisotopic (exact) mass is 570 g/mol. The van der Waals surface area contributed by atoms with E-state index in [2.05, 4.69) is 9.97 Å². The molecule has 0 saturated carbocycles. The van der Waals surface area contributed by atoms with Crippen LogP contribution >= 0.6 is 0 Å². The van der Waals surface area contributed by atoms with Gasteiger partial charge in [0, 0.05) is 19.4 Å². The van der Waals surface area contributed by atoms with E-state index in [9.17, 15) is 22.8 Å². The summed E-state index contributed by atoms with van der Waals surface area (Å²) in [5, 5.41) is 1.81. The van der Waals surface area contributed by atoms with Crippen molar-refractivity contribution in [2.45, 2.75) is 57.0 Å². The molecule has 1 aliphatic rings. The first-order valence-corrected chi connectivity index (χ1v) is 15.4.